The van der Waals surface area contributed by atoms with Crippen molar-refractivity contribution in [1.29, 1.82) is 10.8 Å². The molecule has 11 heteroatoms. The van der Waals surface area contributed by atoms with Crippen LogP contribution in [0.25, 0.3) is 6.08 Å². The lowest BCUT2D eigenvalue weighted by Crippen LogP contribution is -2.40. The number of carboxylic acids is 2. The van der Waals surface area contributed by atoms with Gasteiger partial charge in [0.25, 0.3) is 0 Å². The molecule has 0 radical (unpaired) electrons. The number of piperidine rings is 1. The molecule has 1 saturated heterocycles. The standard InChI is InChI=1S/C28H33N5O6/c1-18(29)32-14-11-22(12-15-32)39-24-8-7-21(17-23(24)28(37)38)33(25(34)9-10-26(35)36)13-3-5-19-4-2-6-20(16-19)27(30)31/h2-8,16-17,22,29H,9-15H2,1H3,(H3,30,31)(H,35,36)(H,37,38). The fourth-order valence-corrected chi connectivity index (χ4v) is 4.25. The Morgan fingerprint density at radius 1 is 1.10 bits per heavy atom. The van der Waals surface area contributed by atoms with E-state index in [1.165, 1.54) is 17.0 Å². The maximum atomic E-state index is 13.0. The van der Waals surface area contributed by atoms with Crippen molar-refractivity contribution in [1.82, 2.24) is 4.90 Å². The number of nitrogen functional groups attached to an aromatic ring is 1. The Morgan fingerprint density at radius 2 is 1.82 bits per heavy atom. The second kappa shape index (κ2) is 13.2. The zero-order chi connectivity index (χ0) is 28.5. The number of aromatic carboxylic acids is 1. The van der Waals surface area contributed by atoms with Gasteiger partial charge in [0, 0.05) is 50.1 Å². The second-order valence-electron chi connectivity index (χ2n) is 9.21. The van der Waals surface area contributed by atoms with E-state index in [0.29, 0.717) is 43.0 Å². The highest BCUT2D eigenvalue weighted by atomic mass is 16.5. The Kier molecular flexibility index (Phi) is 9.80. The maximum Gasteiger partial charge on any atom is 0.339 e. The number of amides is 1. The molecule has 2 aromatic carbocycles. The summed E-state index contributed by atoms with van der Waals surface area (Å²) < 4.78 is 6.02. The zero-order valence-corrected chi connectivity index (χ0v) is 21.7. The summed E-state index contributed by atoms with van der Waals surface area (Å²) in [6.45, 7) is 3.08. The summed E-state index contributed by atoms with van der Waals surface area (Å²) in [5, 5.41) is 34.3. The molecule has 0 aromatic heterocycles. The minimum Gasteiger partial charge on any atom is -0.489 e. The molecule has 6 N–H and O–H groups in total. The van der Waals surface area contributed by atoms with Crippen LogP contribution in [0.5, 0.6) is 5.75 Å². The van der Waals surface area contributed by atoms with Crippen LogP contribution in [0.15, 0.2) is 48.5 Å². The van der Waals surface area contributed by atoms with Gasteiger partial charge in [-0.25, -0.2) is 4.79 Å². The maximum absolute atomic E-state index is 13.0. The van der Waals surface area contributed by atoms with Crippen LogP contribution in [-0.2, 0) is 9.59 Å². The summed E-state index contributed by atoms with van der Waals surface area (Å²) in [4.78, 5) is 39.4. The lowest BCUT2D eigenvalue weighted by atomic mass is 10.1. The highest BCUT2D eigenvalue weighted by Gasteiger charge is 2.24. The average molecular weight is 536 g/mol. The zero-order valence-electron chi connectivity index (χ0n) is 21.7. The number of nitrogens with zero attached hydrogens (tertiary/aromatic N) is 2. The summed E-state index contributed by atoms with van der Waals surface area (Å²) in [6.07, 6.45) is 3.91. The van der Waals surface area contributed by atoms with Crippen molar-refractivity contribution in [2.24, 2.45) is 5.73 Å². The Morgan fingerprint density at radius 3 is 2.44 bits per heavy atom. The third kappa shape index (κ3) is 8.16. The number of carboxylic acid groups (broad SMARTS) is 2. The number of hydrogen-bond acceptors (Lipinski definition) is 6. The van der Waals surface area contributed by atoms with Gasteiger partial charge < -0.3 is 30.5 Å². The molecular formula is C28H33N5O6. The van der Waals surface area contributed by atoms with E-state index in [0.717, 1.165) is 5.56 Å². The Hall–Kier alpha value is -4.67. The van der Waals surface area contributed by atoms with Crippen LogP contribution in [0.3, 0.4) is 0 Å². The molecule has 0 unspecified atom stereocenters. The van der Waals surface area contributed by atoms with Gasteiger partial charge >= 0.3 is 11.9 Å². The van der Waals surface area contributed by atoms with Gasteiger partial charge in [-0.05, 0) is 36.8 Å². The van der Waals surface area contributed by atoms with E-state index in [1.54, 1.807) is 43.3 Å². The van der Waals surface area contributed by atoms with E-state index in [4.69, 9.17) is 26.4 Å². The van der Waals surface area contributed by atoms with E-state index in [1.807, 2.05) is 11.0 Å². The number of carbonyl (C=O) groups excluding carboxylic acids is 1. The number of hydrogen-bond donors (Lipinski definition) is 5. The highest BCUT2D eigenvalue weighted by molar-refractivity contribution is 5.98. The van der Waals surface area contributed by atoms with Crippen molar-refractivity contribution in [3.05, 3.63) is 65.2 Å². The summed E-state index contributed by atoms with van der Waals surface area (Å²) in [5.74, 6) is -2.20. The topological polar surface area (TPSA) is 181 Å². The van der Waals surface area contributed by atoms with Crippen LogP contribution in [0.4, 0.5) is 5.69 Å². The quantitative estimate of drug-likeness (QED) is 0.214. The monoisotopic (exact) mass is 535 g/mol. The molecule has 3 rings (SSSR count). The predicted molar refractivity (Wildman–Crippen MR) is 148 cm³/mol. The first kappa shape index (κ1) is 28.9. The smallest absolute Gasteiger partial charge is 0.339 e. The molecule has 1 heterocycles. The van der Waals surface area contributed by atoms with Crippen molar-refractivity contribution < 1.29 is 29.3 Å². The minimum absolute atomic E-state index is 0.0590. The van der Waals surface area contributed by atoms with Crippen molar-refractivity contribution in [3.8, 4) is 5.75 Å². The molecule has 0 saturated carbocycles. The van der Waals surface area contributed by atoms with E-state index < -0.39 is 17.8 Å². The normalized spacial score (nSPS) is 13.7. The van der Waals surface area contributed by atoms with Crippen molar-refractivity contribution in [2.75, 3.05) is 24.5 Å². The van der Waals surface area contributed by atoms with Crippen molar-refractivity contribution >= 4 is 41.3 Å². The number of aliphatic carboxylic acids is 1. The predicted octanol–water partition coefficient (Wildman–Crippen LogP) is 3.42. The van der Waals surface area contributed by atoms with E-state index in [-0.39, 0.29) is 42.6 Å². The van der Waals surface area contributed by atoms with E-state index in [2.05, 4.69) is 0 Å². The van der Waals surface area contributed by atoms with Gasteiger partial charge in [0.2, 0.25) is 5.91 Å². The van der Waals surface area contributed by atoms with Crippen LogP contribution in [0.1, 0.15) is 54.1 Å². The number of likely N-dealkylation sites (tertiary alicyclic amines) is 1. The number of carbonyl (C=O) groups is 3. The Bertz CT molecular complexity index is 1280. The molecule has 1 fully saturated rings. The fraction of sp³-hybridized carbons (Fsp3) is 0.321. The molecule has 39 heavy (non-hydrogen) atoms. The highest BCUT2D eigenvalue weighted by Crippen LogP contribution is 2.29. The van der Waals surface area contributed by atoms with Gasteiger partial charge in [0.1, 0.15) is 23.3 Å². The van der Waals surface area contributed by atoms with Gasteiger partial charge in [-0.3, -0.25) is 20.4 Å². The van der Waals surface area contributed by atoms with Gasteiger partial charge in [-0.1, -0.05) is 30.4 Å². The van der Waals surface area contributed by atoms with Crippen molar-refractivity contribution in [3.63, 3.8) is 0 Å². The van der Waals surface area contributed by atoms with Gasteiger partial charge in [-0.2, -0.15) is 0 Å². The number of anilines is 1. The number of nitrogens with two attached hydrogens (primary N) is 1. The number of ether oxygens (including phenoxy) is 1. The summed E-state index contributed by atoms with van der Waals surface area (Å²) in [5.41, 5.74) is 7.04. The van der Waals surface area contributed by atoms with Crippen LogP contribution < -0.4 is 15.4 Å². The molecule has 11 nitrogen and oxygen atoms in total. The molecule has 0 atom stereocenters. The number of amidine groups is 2. The van der Waals surface area contributed by atoms with Crippen molar-refractivity contribution in [2.45, 2.75) is 38.7 Å². The van der Waals surface area contributed by atoms with Crippen LogP contribution in [0, 0.1) is 10.8 Å². The first-order chi connectivity index (χ1) is 18.5. The molecule has 0 bridgehead atoms. The van der Waals surface area contributed by atoms with Crippen LogP contribution in [0.2, 0.25) is 0 Å². The summed E-state index contributed by atoms with van der Waals surface area (Å²) in [7, 11) is 0. The van der Waals surface area contributed by atoms with E-state index >= 15 is 0 Å². The van der Waals surface area contributed by atoms with Crippen LogP contribution >= 0.6 is 0 Å². The lowest BCUT2D eigenvalue weighted by molar-refractivity contribution is -0.138. The molecule has 1 amide bonds. The molecule has 1 aliphatic rings. The average Bonchev–Trinajstić information content (AvgIpc) is 2.90. The van der Waals surface area contributed by atoms with Gasteiger partial charge in [0.05, 0.1) is 12.3 Å². The van der Waals surface area contributed by atoms with Gasteiger partial charge in [0.15, 0.2) is 0 Å². The fourth-order valence-electron chi connectivity index (χ4n) is 4.25. The molecular weight excluding hydrogens is 502 g/mol. The molecule has 0 aliphatic carbocycles. The molecule has 1 aliphatic heterocycles. The SMILES string of the molecule is CC(=N)N1CCC(Oc2ccc(N(CC=Cc3cccc(C(=N)N)c3)C(=O)CCC(=O)O)cc2C(=O)O)CC1. The third-order valence-electron chi connectivity index (χ3n) is 6.36. The third-order valence-corrected chi connectivity index (χ3v) is 6.36. The largest absolute Gasteiger partial charge is 0.489 e. The lowest BCUT2D eigenvalue weighted by Gasteiger charge is -2.33. The second-order valence-corrected chi connectivity index (χ2v) is 9.21. The Balaban J connectivity index is 1.83. The van der Waals surface area contributed by atoms with Gasteiger partial charge in [-0.15, -0.1) is 0 Å². The number of benzene rings is 2. The first-order valence-corrected chi connectivity index (χ1v) is 12.5. The molecule has 206 valence electrons. The number of nitrogens with one attached hydrogen (secondary N) is 2. The van der Waals surface area contributed by atoms with E-state index in [9.17, 15) is 19.5 Å². The first-order valence-electron chi connectivity index (χ1n) is 12.5. The van der Waals surface area contributed by atoms with Crippen LogP contribution in [-0.4, -0.2) is 70.4 Å². The summed E-state index contributed by atoms with van der Waals surface area (Å²) >= 11 is 0. The summed E-state index contributed by atoms with van der Waals surface area (Å²) in [6, 6.07) is 11.4. The number of rotatable bonds is 11. The Labute approximate surface area is 226 Å². The molecule has 2 aromatic rings. The minimum atomic E-state index is -1.21. The molecule has 0 spiro atoms.